The fourth-order valence-corrected chi connectivity index (χ4v) is 3.36. The van der Waals surface area contributed by atoms with E-state index < -0.39 is 0 Å². The second kappa shape index (κ2) is 9.63. The molecule has 158 valence electrons. The number of methoxy groups -OCH3 is 1. The third-order valence-electron chi connectivity index (χ3n) is 4.55. The van der Waals surface area contributed by atoms with Crippen molar-refractivity contribution in [3.63, 3.8) is 0 Å². The van der Waals surface area contributed by atoms with Crippen molar-refractivity contribution in [2.24, 2.45) is 0 Å². The van der Waals surface area contributed by atoms with Crippen molar-refractivity contribution in [1.82, 2.24) is 14.9 Å². The molecule has 0 fully saturated rings. The summed E-state index contributed by atoms with van der Waals surface area (Å²) in [7, 11) is 1.53. The molecule has 0 saturated carbocycles. The summed E-state index contributed by atoms with van der Waals surface area (Å²) in [5.41, 5.74) is 0.695. The lowest BCUT2D eigenvalue weighted by Gasteiger charge is -2.22. The molecule has 0 aliphatic heterocycles. The molecule has 1 N–H and O–H groups in total. The number of hydrogen-bond acceptors (Lipinski definition) is 5. The molecule has 7 nitrogen and oxygen atoms in total. The van der Waals surface area contributed by atoms with Crippen molar-refractivity contribution in [2.45, 2.75) is 26.8 Å². The molecule has 0 unspecified atom stereocenters. The van der Waals surface area contributed by atoms with E-state index >= 15 is 0 Å². The van der Waals surface area contributed by atoms with E-state index in [4.69, 9.17) is 21.1 Å². The van der Waals surface area contributed by atoms with E-state index in [0.29, 0.717) is 52.0 Å². The van der Waals surface area contributed by atoms with Gasteiger partial charge in [-0.15, -0.1) is 0 Å². The molecule has 0 aliphatic rings. The normalized spacial score (nSPS) is 10.8. The van der Waals surface area contributed by atoms with Crippen LogP contribution in [-0.4, -0.2) is 41.0 Å². The van der Waals surface area contributed by atoms with Crippen LogP contribution in [0.3, 0.4) is 0 Å². The van der Waals surface area contributed by atoms with E-state index in [0.717, 1.165) is 6.42 Å². The molecule has 0 radical (unpaired) electrons. The largest absolute Gasteiger partial charge is 0.493 e. The number of nitrogens with zero attached hydrogens (tertiary/aromatic N) is 2. The smallest absolute Gasteiger partial charge is 0.258 e. The van der Waals surface area contributed by atoms with Gasteiger partial charge in [-0.25, -0.2) is 4.98 Å². The second-order valence-corrected chi connectivity index (χ2v) is 7.14. The Labute approximate surface area is 179 Å². The van der Waals surface area contributed by atoms with Gasteiger partial charge in [0.25, 0.3) is 11.5 Å². The number of carbonyl (C=O) groups excluding carboxylic acids is 1. The summed E-state index contributed by atoms with van der Waals surface area (Å²) in [6, 6.07) is 10.00. The number of amides is 1. The molecule has 1 amide bonds. The quantitative estimate of drug-likeness (QED) is 0.584. The molecule has 0 spiro atoms. The molecule has 0 aliphatic carbocycles. The third kappa shape index (κ3) is 4.74. The summed E-state index contributed by atoms with van der Waals surface area (Å²) in [4.78, 5) is 34.5. The van der Waals surface area contributed by atoms with Gasteiger partial charge in [-0.1, -0.05) is 18.5 Å². The molecule has 3 rings (SSSR count). The van der Waals surface area contributed by atoms with Crippen molar-refractivity contribution >= 4 is 28.4 Å². The van der Waals surface area contributed by atoms with E-state index in [1.165, 1.54) is 7.11 Å². The lowest BCUT2D eigenvalue weighted by molar-refractivity contribution is 0.0738. The summed E-state index contributed by atoms with van der Waals surface area (Å²) in [6.07, 6.45) is 0.754. The first-order valence-corrected chi connectivity index (χ1v) is 10.1. The monoisotopic (exact) mass is 429 g/mol. The number of ether oxygens (including phenoxy) is 2. The molecule has 0 atom stereocenters. The highest BCUT2D eigenvalue weighted by molar-refractivity contribution is 6.31. The maximum absolute atomic E-state index is 13.2. The minimum absolute atomic E-state index is 0.167. The number of nitrogens with one attached hydrogen (secondary N) is 1. The Morgan fingerprint density at radius 2 is 1.97 bits per heavy atom. The number of aromatic amines is 1. The molecule has 0 saturated heterocycles. The van der Waals surface area contributed by atoms with Gasteiger partial charge in [0.2, 0.25) is 0 Å². The maximum Gasteiger partial charge on any atom is 0.258 e. The zero-order valence-corrected chi connectivity index (χ0v) is 18.0. The molecule has 3 aromatic rings. The van der Waals surface area contributed by atoms with Crippen LogP contribution in [0, 0.1) is 0 Å². The first kappa shape index (κ1) is 21.6. The molecule has 2 aromatic carbocycles. The number of carbonyl (C=O) groups is 1. The Kier molecular flexibility index (Phi) is 6.95. The van der Waals surface area contributed by atoms with Crippen LogP contribution in [-0.2, 0) is 6.54 Å². The molecule has 1 aromatic heterocycles. The lowest BCUT2D eigenvalue weighted by atomic mass is 10.1. The molecular formula is C22H24ClN3O4. The third-order valence-corrected chi connectivity index (χ3v) is 4.78. The summed E-state index contributed by atoms with van der Waals surface area (Å²) < 4.78 is 10.9. The highest BCUT2D eigenvalue weighted by Gasteiger charge is 2.19. The predicted molar refractivity (Wildman–Crippen MR) is 117 cm³/mol. The Balaban J connectivity index is 1.91. The first-order valence-electron chi connectivity index (χ1n) is 9.75. The number of benzene rings is 2. The number of halogens is 1. The average molecular weight is 430 g/mol. The maximum atomic E-state index is 13.2. The van der Waals surface area contributed by atoms with Crippen LogP contribution >= 0.6 is 11.6 Å². The lowest BCUT2D eigenvalue weighted by Crippen LogP contribution is -2.32. The molecule has 30 heavy (non-hydrogen) atoms. The summed E-state index contributed by atoms with van der Waals surface area (Å²) in [6.45, 7) is 5.03. The van der Waals surface area contributed by atoms with Crippen LogP contribution in [0.2, 0.25) is 5.02 Å². The van der Waals surface area contributed by atoms with Crippen molar-refractivity contribution in [3.8, 4) is 11.5 Å². The summed E-state index contributed by atoms with van der Waals surface area (Å²) >= 11 is 6.03. The predicted octanol–water partition coefficient (Wildman–Crippen LogP) is 4.04. The van der Waals surface area contributed by atoms with Gasteiger partial charge in [-0.05, 0) is 49.7 Å². The van der Waals surface area contributed by atoms with Gasteiger partial charge in [-0.2, -0.15) is 0 Å². The van der Waals surface area contributed by atoms with E-state index in [1.807, 2.05) is 13.8 Å². The van der Waals surface area contributed by atoms with Gasteiger partial charge in [0.05, 0.1) is 31.2 Å². The number of H-pyrrole nitrogens is 1. The minimum Gasteiger partial charge on any atom is -0.493 e. The van der Waals surface area contributed by atoms with Crippen LogP contribution in [0.25, 0.3) is 10.9 Å². The summed E-state index contributed by atoms with van der Waals surface area (Å²) in [5.74, 6) is 1.28. The van der Waals surface area contributed by atoms with Gasteiger partial charge >= 0.3 is 0 Å². The Morgan fingerprint density at radius 3 is 2.67 bits per heavy atom. The fourth-order valence-electron chi connectivity index (χ4n) is 3.20. The standard InChI is InChI=1S/C22H24ClN3O4/c1-4-10-26(22(28)14-6-9-18(30-5-2)19(11-14)29-3)13-20-24-17-12-15(23)7-8-16(17)21(27)25-20/h6-9,11-12H,4-5,10,13H2,1-3H3,(H,24,25,27). The van der Waals surface area contributed by atoms with E-state index in [9.17, 15) is 9.59 Å². The van der Waals surface area contributed by atoms with Gasteiger partial charge in [0.1, 0.15) is 5.82 Å². The van der Waals surface area contributed by atoms with Crippen molar-refractivity contribution < 1.29 is 14.3 Å². The SMILES string of the molecule is CCCN(Cc1nc2cc(Cl)ccc2c(=O)[nH]1)C(=O)c1ccc(OCC)c(OC)c1. The van der Waals surface area contributed by atoms with Gasteiger partial charge in [0.15, 0.2) is 11.5 Å². The number of rotatable bonds is 8. The van der Waals surface area contributed by atoms with E-state index in [1.54, 1.807) is 41.3 Å². The number of fused-ring (bicyclic) bond motifs is 1. The highest BCUT2D eigenvalue weighted by atomic mass is 35.5. The van der Waals surface area contributed by atoms with Crippen molar-refractivity contribution in [2.75, 3.05) is 20.3 Å². The summed E-state index contributed by atoms with van der Waals surface area (Å²) in [5, 5.41) is 0.947. The van der Waals surface area contributed by atoms with Crippen molar-refractivity contribution in [1.29, 1.82) is 0 Å². The Bertz CT molecular complexity index is 1110. The second-order valence-electron chi connectivity index (χ2n) is 6.70. The van der Waals surface area contributed by atoms with E-state index in [-0.39, 0.29) is 18.0 Å². The molecule has 1 heterocycles. The van der Waals surface area contributed by atoms with Crippen LogP contribution in [0.4, 0.5) is 0 Å². The van der Waals surface area contributed by atoms with Gasteiger partial charge < -0.3 is 19.4 Å². The zero-order chi connectivity index (χ0) is 21.7. The topological polar surface area (TPSA) is 84.5 Å². The van der Waals surface area contributed by atoms with Crippen LogP contribution in [0.15, 0.2) is 41.2 Å². The molecular weight excluding hydrogens is 406 g/mol. The van der Waals surface area contributed by atoms with E-state index in [2.05, 4.69) is 9.97 Å². The van der Waals surface area contributed by atoms with Gasteiger partial charge in [-0.3, -0.25) is 9.59 Å². The Hall–Kier alpha value is -3.06. The number of hydrogen-bond donors (Lipinski definition) is 1. The van der Waals surface area contributed by atoms with Crippen molar-refractivity contribution in [3.05, 3.63) is 63.2 Å². The molecule has 8 heteroatoms. The number of aromatic nitrogens is 2. The van der Waals surface area contributed by atoms with Gasteiger partial charge in [0, 0.05) is 17.1 Å². The highest BCUT2D eigenvalue weighted by Crippen LogP contribution is 2.28. The first-order chi connectivity index (χ1) is 14.5. The van der Waals surface area contributed by atoms with Crippen LogP contribution in [0.1, 0.15) is 36.5 Å². The van der Waals surface area contributed by atoms with Crippen LogP contribution in [0.5, 0.6) is 11.5 Å². The zero-order valence-electron chi connectivity index (χ0n) is 17.2. The fraction of sp³-hybridized carbons (Fsp3) is 0.318. The molecule has 0 bridgehead atoms. The van der Waals surface area contributed by atoms with Crippen LogP contribution < -0.4 is 15.0 Å². The minimum atomic E-state index is -0.265. The Morgan fingerprint density at radius 1 is 1.17 bits per heavy atom. The average Bonchev–Trinajstić information content (AvgIpc) is 2.73.